The van der Waals surface area contributed by atoms with Crippen molar-refractivity contribution >= 4 is 44.3 Å². The van der Waals surface area contributed by atoms with Gasteiger partial charge < -0.3 is 19.5 Å². The van der Waals surface area contributed by atoms with E-state index in [9.17, 15) is 18.0 Å². The normalized spacial score (nSPS) is 24.8. The molecule has 11 heteroatoms. The number of aliphatic imine (C=N–C) groups is 1. The molecule has 2 saturated heterocycles. The minimum atomic E-state index is -3.16. The van der Waals surface area contributed by atoms with E-state index in [-0.39, 0.29) is 22.8 Å². The van der Waals surface area contributed by atoms with Crippen LogP contribution in [0.1, 0.15) is 0 Å². The van der Waals surface area contributed by atoms with Crippen molar-refractivity contribution in [2.24, 2.45) is 4.99 Å². The Hall–Kier alpha value is -2.11. The summed E-state index contributed by atoms with van der Waals surface area (Å²) in [5.74, 6) is -1.22. The second-order valence-corrected chi connectivity index (χ2v) is 9.41. The molecule has 0 spiro atoms. The van der Waals surface area contributed by atoms with Gasteiger partial charge in [0.05, 0.1) is 24.7 Å². The average Bonchev–Trinajstić information content (AvgIpc) is 3.05. The lowest BCUT2D eigenvalue weighted by molar-refractivity contribution is -0.143. The van der Waals surface area contributed by atoms with Gasteiger partial charge in [-0.2, -0.15) is 4.99 Å². The number of amidine groups is 1. The number of aliphatic carboxylic acids is 1. The van der Waals surface area contributed by atoms with Crippen LogP contribution in [0, 0.1) is 0 Å². The lowest BCUT2D eigenvalue weighted by Crippen LogP contribution is -2.37. The van der Waals surface area contributed by atoms with Gasteiger partial charge in [-0.05, 0) is 12.1 Å². The Morgan fingerprint density at radius 2 is 2.11 bits per heavy atom. The van der Waals surface area contributed by atoms with E-state index >= 15 is 0 Å². The van der Waals surface area contributed by atoms with Gasteiger partial charge in [0, 0.05) is 17.0 Å². The van der Waals surface area contributed by atoms with Gasteiger partial charge in [0.15, 0.2) is 15.0 Å². The summed E-state index contributed by atoms with van der Waals surface area (Å²) in [4.78, 5) is 28.3. The SMILES string of the molecule is COc1cccc(N2C(=NC(=O)COCC(=O)O)S[C@@H]3CS(=O)(=O)C[C@@H]32)c1. The first-order valence-corrected chi connectivity index (χ1v) is 10.7. The van der Waals surface area contributed by atoms with E-state index in [2.05, 4.69) is 4.99 Å². The van der Waals surface area contributed by atoms with Crippen LogP contribution in [0.25, 0.3) is 0 Å². The zero-order valence-corrected chi connectivity index (χ0v) is 16.0. The Kier molecular flexibility index (Phi) is 5.72. The number of anilines is 1. The van der Waals surface area contributed by atoms with Crippen LogP contribution >= 0.6 is 11.8 Å². The molecule has 0 aromatic heterocycles. The number of carbonyl (C=O) groups excluding carboxylic acids is 1. The van der Waals surface area contributed by atoms with Crippen LogP contribution in [0.3, 0.4) is 0 Å². The standard InChI is InChI=1S/C16H18N2O7S2/c1-24-11-4-2-3-10(5-11)18-12-8-27(22,23)9-13(12)26-16(18)17-14(19)6-25-7-15(20)21/h2-5,12-13H,6-9H2,1H3,(H,20,21)/t12-,13+/m0/s1. The van der Waals surface area contributed by atoms with Crippen LogP contribution in [0.4, 0.5) is 5.69 Å². The second kappa shape index (κ2) is 7.87. The van der Waals surface area contributed by atoms with E-state index in [1.165, 1.54) is 18.9 Å². The van der Waals surface area contributed by atoms with Crippen LogP contribution in [-0.2, 0) is 24.2 Å². The number of hydrogen-bond acceptors (Lipinski definition) is 7. The van der Waals surface area contributed by atoms with E-state index in [4.69, 9.17) is 14.6 Å². The number of thioether (sulfide) groups is 1. The van der Waals surface area contributed by atoms with Gasteiger partial charge in [-0.25, -0.2) is 13.2 Å². The number of carboxylic acid groups (broad SMARTS) is 1. The zero-order valence-electron chi connectivity index (χ0n) is 14.4. The van der Waals surface area contributed by atoms with E-state index in [0.29, 0.717) is 16.6 Å². The summed E-state index contributed by atoms with van der Waals surface area (Å²) in [6, 6.07) is 6.73. The summed E-state index contributed by atoms with van der Waals surface area (Å²) in [5, 5.41) is 8.70. The van der Waals surface area contributed by atoms with Crippen LogP contribution in [0.5, 0.6) is 5.75 Å². The predicted molar refractivity (Wildman–Crippen MR) is 100 cm³/mol. The van der Waals surface area contributed by atoms with Gasteiger partial charge in [0.1, 0.15) is 19.0 Å². The maximum atomic E-state index is 12.0. The molecule has 1 aromatic carbocycles. The maximum absolute atomic E-state index is 12.0. The first-order valence-electron chi connectivity index (χ1n) is 8.00. The lowest BCUT2D eigenvalue weighted by Gasteiger charge is -2.24. The largest absolute Gasteiger partial charge is 0.497 e. The Bertz CT molecular complexity index is 885. The van der Waals surface area contributed by atoms with Gasteiger partial charge in [-0.1, -0.05) is 17.8 Å². The number of hydrogen-bond donors (Lipinski definition) is 1. The molecule has 0 radical (unpaired) electrons. The van der Waals surface area contributed by atoms with Gasteiger partial charge >= 0.3 is 5.97 Å². The number of nitrogens with zero attached hydrogens (tertiary/aromatic N) is 2. The molecule has 1 aromatic rings. The average molecular weight is 414 g/mol. The Morgan fingerprint density at radius 1 is 1.33 bits per heavy atom. The van der Waals surface area contributed by atoms with Crippen molar-refractivity contribution in [1.29, 1.82) is 0 Å². The Balaban J connectivity index is 1.87. The van der Waals surface area contributed by atoms with Crippen molar-refractivity contribution in [3.63, 3.8) is 0 Å². The monoisotopic (exact) mass is 414 g/mol. The molecule has 9 nitrogen and oxygen atoms in total. The van der Waals surface area contributed by atoms with E-state index < -0.39 is 34.9 Å². The number of amides is 1. The fourth-order valence-corrected chi connectivity index (χ4v) is 6.92. The molecule has 0 bridgehead atoms. The molecular formula is C16H18N2O7S2. The third kappa shape index (κ3) is 4.60. The Morgan fingerprint density at radius 3 is 2.81 bits per heavy atom. The van der Waals surface area contributed by atoms with Crippen LogP contribution in [0.15, 0.2) is 29.3 Å². The fourth-order valence-electron chi connectivity index (χ4n) is 2.99. The van der Waals surface area contributed by atoms with Crippen LogP contribution in [0.2, 0.25) is 0 Å². The minimum absolute atomic E-state index is 0.0194. The number of methoxy groups -OCH3 is 1. The maximum Gasteiger partial charge on any atom is 0.329 e. The van der Waals surface area contributed by atoms with Crippen molar-refractivity contribution in [3.05, 3.63) is 24.3 Å². The molecule has 1 amide bonds. The number of carbonyl (C=O) groups is 2. The van der Waals surface area contributed by atoms with Gasteiger partial charge in [-0.3, -0.25) is 4.79 Å². The van der Waals surface area contributed by atoms with Crippen molar-refractivity contribution in [2.75, 3.05) is 36.7 Å². The predicted octanol–water partition coefficient (Wildman–Crippen LogP) is 0.398. The highest BCUT2D eigenvalue weighted by molar-refractivity contribution is 8.16. The molecule has 2 heterocycles. The summed E-state index contributed by atoms with van der Waals surface area (Å²) in [6.07, 6.45) is 0. The molecule has 2 aliphatic rings. The van der Waals surface area contributed by atoms with Gasteiger partial charge in [0.2, 0.25) is 0 Å². The third-order valence-electron chi connectivity index (χ3n) is 4.07. The summed E-state index contributed by atoms with van der Waals surface area (Å²) in [6.45, 7) is -1.05. The highest BCUT2D eigenvalue weighted by atomic mass is 32.2. The van der Waals surface area contributed by atoms with Crippen molar-refractivity contribution in [1.82, 2.24) is 0 Å². The number of sulfone groups is 1. The lowest BCUT2D eigenvalue weighted by atomic mass is 10.2. The number of benzene rings is 1. The highest BCUT2D eigenvalue weighted by Gasteiger charge is 2.49. The number of ether oxygens (including phenoxy) is 2. The van der Waals surface area contributed by atoms with Crippen molar-refractivity contribution in [2.45, 2.75) is 11.3 Å². The first kappa shape index (κ1) is 19.6. The molecule has 0 saturated carbocycles. The summed E-state index contributed by atoms with van der Waals surface area (Å²) < 4.78 is 34.1. The van der Waals surface area contributed by atoms with Crippen molar-refractivity contribution in [3.8, 4) is 5.75 Å². The van der Waals surface area contributed by atoms with E-state index in [1.807, 2.05) is 0 Å². The molecule has 0 aliphatic carbocycles. The zero-order chi connectivity index (χ0) is 19.6. The summed E-state index contributed by atoms with van der Waals surface area (Å²) >= 11 is 1.23. The van der Waals surface area contributed by atoms with Crippen LogP contribution in [-0.4, -0.2) is 73.7 Å². The molecule has 3 rings (SSSR count). The molecule has 27 heavy (non-hydrogen) atoms. The molecular weight excluding hydrogens is 396 g/mol. The summed E-state index contributed by atoms with van der Waals surface area (Å²) in [7, 11) is -1.63. The quantitative estimate of drug-likeness (QED) is 0.704. The molecule has 2 aliphatic heterocycles. The van der Waals surface area contributed by atoms with Crippen LogP contribution < -0.4 is 9.64 Å². The molecule has 2 atom stereocenters. The topological polar surface area (TPSA) is 123 Å². The van der Waals surface area contributed by atoms with E-state index in [1.54, 1.807) is 29.2 Å². The Labute approximate surface area is 160 Å². The van der Waals surface area contributed by atoms with Crippen molar-refractivity contribution < 1.29 is 32.6 Å². The molecule has 0 unspecified atom stereocenters. The third-order valence-corrected chi connectivity index (χ3v) is 7.28. The second-order valence-electron chi connectivity index (χ2n) is 6.05. The highest BCUT2D eigenvalue weighted by Crippen LogP contribution is 2.41. The first-order chi connectivity index (χ1) is 12.8. The minimum Gasteiger partial charge on any atom is -0.497 e. The van der Waals surface area contributed by atoms with E-state index in [0.717, 1.165) is 0 Å². The molecule has 1 N–H and O–H groups in total. The summed E-state index contributed by atoms with van der Waals surface area (Å²) in [5.41, 5.74) is 0.671. The smallest absolute Gasteiger partial charge is 0.329 e. The fraction of sp³-hybridized carbons (Fsp3) is 0.438. The molecule has 2 fully saturated rings. The van der Waals surface area contributed by atoms with Gasteiger partial charge in [-0.15, -0.1) is 0 Å². The number of fused-ring (bicyclic) bond motifs is 1. The van der Waals surface area contributed by atoms with Gasteiger partial charge in [0.25, 0.3) is 5.91 Å². The molecule has 146 valence electrons. The number of rotatable bonds is 6. The number of carboxylic acids is 1.